The third-order valence-electron chi connectivity index (χ3n) is 9.17. The largest absolute Gasteiger partial charge is 0.309 e. The van der Waals surface area contributed by atoms with Crippen LogP contribution in [0.15, 0.2) is 182 Å². The first-order valence-electron chi connectivity index (χ1n) is 16.4. The van der Waals surface area contributed by atoms with E-state index < -0.39 is 0 Å². The van der Waals surface area contributed by atoms with E-state index in [-0.39, 0.29) is 0 Å². The van der Waals surface area contributed by atoms with Crippen LogP contribution < -0.4 is 0 Å². The molecule has 0 aliphatic carbocycles. The average Bonchev–Trinajstić information content (AvgIpc) is 3.53. The van der Waals surface area contributed by atoms with Gasteiger partial charge in [0.2, 0.25) is 0 Å². The molecule has 0 N–H and O–H groups in total. The molecular weight excluding hydrogens is 597 g/mol. The summed E-state index contributed by atoms with van der Waals surface area (Å²) in [4.78, 5) is 14.2. The summed E-state index contributed by atoms with van der Waals surface area (Å²) >= 11 is 0. The molecule has 230 valence electrons. The minimum absolute atomic E-state index is 0.705. The Balaban J connectivity index is 1.05. The summed E-state index contributed by atoms with van der Waals surface area (Å²) in [6, 6.07) is 59.6. The Morgan fingerprint density at radius 1 is 0.347 bits per heavy atom. The highest BCUT2D eigenvalue weighted by molar-refractivity contribution is 6.09. The second kappa shape index (κ2) is 12.2. The zero-order valence-electron chi connectivity index (χ0n) is 26.6. The van der Waals surface area contributed by atoms with E-state index in [2.05, 4.69) is 149 Å². The van der Waals surface area contributed by atoms with Crippen molar-refractivity contribution in [1.82, 2.24) is 19.5 Å². The molecule has 0 radical (unpaired) electrons. The average molecular weight is 627 g/mol. The van der Waals surface area contributed by atoms with Crippen LogP contribution in [0.3, 0.4) is 0 Å². The number of benzene rings is 6. The Morgan fingerprint density at radius 2 is 0.776 bits per heavy atom. The van der Waals surface area contributed by atoms with Crippen molar-refractivity contribution in [2.45, 2.75) is 0 Å². The van der Waals surface area contributed by atoms with Crippen LogP contribution >= 0.6 is 0 Å². The molecule has 3 aromatic heterocycles. The van der Waals surface area contributed by atoms with Crippen LogP contribution in [0.2, 0.25) is 0 Å². The summed E-state index contributed by atoms with van der Waals surface area (Å²) in [6.45, 7) is 0. The summed E-state index contributed by atoms with van der Waals surface area (Å²) < 4.78 is 2.35. The fourth-order valence-corrected chi connectivity index (χ4v) is 6.67. The van der Waals surface area contributed by atoms with Crippen molar-refractivity contribution in [2.75, 3.05) is 0 Å². The van der Waals surface area contributed by atoms with Crippen molar-refractivity contribution < 1.29 is 0 Å². The maximum atomic E-state index is 5.04. The summed E-state index contributed by atoms with van der Waals surface area (Å²) in [6.07, 6.45) is 3.64. The van der Waals surface area contributed by atoms with E-state index in [9.17, 15) is 0 Å². The first-order valence-corrected chi connectivity index (χ1v) is 16.4. The van der Waals surface area contributed by atoms with Crippen LogP contribution in [0, 0.1) is 0 Å². The molecule has 0 aliphatic rings. The molecule has 0 aliphatic heterocycles. The number of aromatic nitrogens is 4. The molecule has 3 heterocycles. The van der Waals surface area contributed by atoms with Crippen LogP contribution in [0.4, 0.5) is 0 Å². The summed E-state index contributed by atoms with van der Waals surface area (Å²) in [5.74, 6) is 0.705. The molecule has 9 aromatic rings. The van der Waals surface area contributed by atoms with Gasteiger partial charge in [0.25, 0.3) is 0 Å². The zero-order chi connectivity index (χ0) is 32.6. The van der Waals surface area contributed by atoms with Gasteiger partial charge in [-0.25, -0.2) is 9.97 Å². The fraction of sp³-hybridized carbons (Fsp3) is 0. The van der Waals surface area contributed by atoms with Crippen molar-refractivity contribution in [1.29, 1.82) is 0 Å². The first kappa shape index (κ1) is 28.6. The van der Waals surface area contributed by atoms with Crippen LogP contribution in [0.25, 0.3) is 83.6 Å². The van der Waals surface area contributed by atoms with Crippen molar-refractivity contribution in [2.24, 2.45) is 0 Å². The highest BCUT2D eigenvalue weighted by Crippen LogP contribution is 2.34. The third-order valence-corrected chi connectivity index (χ3v) is 9.17. The molecule has 0 unspecified atom stereocenters. The smallest absolute Gasteiger partial charge is 0.160 e. The van der Waals surface area contributed by atoms with E-state index >= 15 is 0 Å². The molecule has 6 aromatic carbocycles. The van der Waals surface area contributed by atoms with Gasteiger partial charge in [0.05, 0.1) is 22.4 Å². The summed E-state index contributed by atoms with van der Waals surface area (Å²) in [7, 11) is 0. The van der Waals surface area contributed by atoms with E-state index in [4.69, 9.17) is 9.97 Å². The molecule has 0 saturated heterocycles. The number of hydrogen-bond acceptors (Lipinski definition) is 3. The molecule has 4 nitrogen and oxygen atoms in total. The minimum Gasteiger partial charge on any atom is -0.309 e. The second-order valence-electron chi connectivity index (χ2n) is 12.1. The molecular formula is C45H30N4. The number of fused-ring (bicyclic) bond motifs is 3. The standard InChI is InChI=1S/C45H30N4/c1-2-8-37(9-3-1)45-47-41(30-42(48-45)36-20-16-32(17-21-36)34-26-28-46-29-27-34)35-18-14-31(15-19-35)33-22-24-38(25-23-33)49-43-12-6-4-10-39(43)40-11-5-7-13-44(40)49/h1-30H. The van der Waals surface area contributed by atoms with Crippen LogP contribution in [0.1, 0.15) is 0 Å². The summed E-state index contributed by atoms with van der Waals surface area (Å²) in [5, 5.41) is 2.53. The lowest BCUT2D eigenvalue weighted by atomic mass is 10.0. The Hall–Kier alpha value is -6.65. The van der Waals surface area contributed by atoms with E-state index in [0.717, 1.165) is 50.5 Å². The van der Waals surface area contributed by atoms with Gasteiger partial charge in [0.15, 0.2) is 5.82 Å². The molecule has 0 bridgehead atoms. The lowest BCUT2D eigenvalue weighted by Crippen LogP contribution is -1.96. The maximum absolute atomic E-state index is 5.04. The van der Waals surface area contributed by atoms with Gasteiger partial charge in [0.1, 0.15) is 0 Å². The van der Waals surface area contributed by atoms with Gasteiger partial charge in [-0.05, 0) is 64.7 Å². The van der Waals surface area contributed by atoms with Gasteiger partial charge in [0, 0.05) is 45.5 Å². The highest BCUT2D eigenvalue weighted by Gasteiger charge is 2.13. The van der Waals surface area contributed by atoms with Crippen molar-refractivity contribution in [3.63, 3.8) is 0 Å². The normalized spacial score (nSPS) is 11.3. The van der Waals surface area contributed by atoms with Crippen molar-refractivity contribution in [3.05, 3.63) is 182 Å². The molecule has 0 atom stereocenters. The number of pyridine rings is 1. The van der Waals surface area contributed by atoms with Gasteiger partial charge in [-0.3, -0.25) is 4.98 Å². The van der Waals surface area contributed by atoms with E-state index in [1.807, 2.05) is 42.7 Å². The van der Waals surface area contributed by atoms with Crippen molar-refractivity contribution in [3.8, 4) is 61.8 Å². The van der Waals surface area contributed by atoms with Gasteiger partial charge in [-0.1, -0.05) is 127 Å². The second-order valence-corrected chi connectivity index (χ2v) is 12.1. The van der Waals surface area contributed by atoms with E-state index in [1.165, 1.54) is 27.4 Å². The molecule has 0 spiro atoms. The van der Waals surface area contributed by atoms with Crippen molar-refractivity contribution >= 4 is 21.8 Å². The zero-order valence-corrected chi connectivity index (χ0v) is 26.6. The molecule has 0 amide bonds. The molecule has 0 fully saturated rings. The number of rotatable bonds is 6. The number of nitrogens with zero attached hydrogens (tertiary/aromatic N) is 4. The minimum atomic E-state index is 0.705. The summed E-state index contributed by atoms with van der Waals surface area (Å²) in [5.41, 5.74) is 13.0. The Kier molecular flexibility index (Phi) is 7.10. The lowest BCUT2D eigenvalue weighted by molar-refractivity contribution is 1.18. The predicted octanol–water partition coefficient (Wildman–Crippen LogP) is 11.3. The molecule has 0 saturated carbocycles. The van der Waals surface area contributed by atoms with Crippen LogP contribution in [-0.2, 0) is 0 Å². The Labute approximate surface area is 284 Å². The lowest BCUT2D eigenvalue weighted by Gasteiger charge is -2.11. The van der Waals surface area contributed by atoms with Gasteiger partial charge >= 0.3 is 0 Å². The highest BCUT2D eigenvalue weighted by atomic mass is 15.0. The molecule has 4 heteroatoms. The van der Waals surface area contributed by atoms with Gasteiger partial charge in [-0.2, -0.15) is 0 Å². The first-order chi connectivity index (χ1) is 24.3. The Morgan fingerprint density at radius 3 is 1.31 bits per heavy atom. The number of hydrogen-bond donors (Lipinski definition) is 0. The monoisotopic (exact) mass is 626 g/mol. The third kappa shape index (κ3) is 5.35. The fourth-order valence-electron chi connectivity index (χ4n) is 6.67. The Bertz CT molecular complexity index is 2500. The van der Waals surface area contributed by atoms with Gasteiger partial charge < -0.3 is 4.57 Å². The SMILES string of the molecule is c1ccc(-c2nc(-c3ccc(-c4ccncc4)cc3)cc(-c3ccc(-c4ccc(-n5c6ccccc6c6ccccc65)cc4)cc3)n2)cc1. The molecule has 9 rings (SSSR count). The molecule has 49 heavy (non-hydrogen) atoms. The number of para-hydroxylation sites is 2. The van der Waals surface area contributed by atoms with E-state index in [0.29, 0.717) is 5.82 Å². The van der Waals surface area contributed by atoms with Crippen LogP contribution in [0.5, 0.6) is 0 Å². The van der Waals surface area contributed by atoms with Gasteiger partial charge in [-0.15, -0.1) is 0 Å². The maximum Gasteiger partial charge on any atom is 0.160 e. The van der Waals surface area contributed by atoms with Crippen LogP contribution in [-0.4, -0.2) is 19.5 Å². The topological polar surface area (TPSA) is 43.6 Å². The van der Waals surface area contributed by atoms with E-state index in [1.54, 1.807) is 0 Å². The quantitative estimate of drug-likeness (QED) is 0.184. The predicted molar refractivity (Wildman–Crippen MR) is 201 cm³/mol.